The van der Waals surface area contributed by atoms with Crippen molar-refractivity contribution in [2.75, 3.05) is 6.54 Å². The molecule has 1 unspecified atom stereocenters. The number of carbonyl (C=O) groups excluding carboxylic acids is 1. The minimum absolute atomic E-state index is 0.0476. The largest absolute Gasteiger partial charge is 0.346 e. The highest BCUT2D eigenvalue weighted by Crippen LogP contribution is 2.18. The zero-order valence-corrected chi connectivity index (χ0v) is 13.3. The predicted molar refractivity (Wildman–Crippen MR) is 83.5 cm³/mol. The molecule has 3 N–H and O–H groups in total. The Morgan fingerprint density at radius 3 is 2.56 bits per heavy atom. The van der Waals surface area contributed by atoms with Gasteiger partial charge in [0.1, 0.15) is 0 Å². The summed E-state index contributed by atoms with van der Waals surface area (Å²) < 4.78 is 0.955. The van der Waals surface area contributed by atoms with Gasteiger partial charge in [0.2, 0.25) is 0 Å². The molecule has 18 heavy (non-hydrogen) atoms. The fraction of sp³-hybridized carbons (Fsp3) is 0.500. The van der Waals surface area contributed by atoms with Gasteiger partial charge in [-0.15, -0.1) is 0 Å². The highest BCUT2D eigenvalue weighted by Gasteiger charge is 2.26. The van der Waals surface area contributed by atoms with E-state index >= 15 is 0 Å². The Hall–Kier alpha value is -0.620. The molecule has 0 spiro atoms. The molecule has 1 aromatic rings. The Kier molecular flexibility index (Phi) is 5.59. The number of carbonyl (C=O) groups is 1. The number of benzene rings is 1. The van der Waals surface area contributed by atoms with Crippen LogP contribution in [0.15, 0.2) is 24.3 Å². The smallest absolute Gasteiger partial charge is 0.252 e. The van der Waals surface area contributed by atoms with Crippen molar-refractivity contribution in [1.82, 2.24) is 5.32 Å². The Balaban J connectivity index is 2.83. The molecule has 100 valence electrons. The second-order valence-electron chi connectivity index (χ2n) is 5.30. The molecule has 0 aliphatic carbocycles. The van der Waals surface area contributed by atoms with Crippen LogP contribution in [0.5, 0.6) is 0 Å². The minimum atomic E-state index is -0.343. The van der Waals surface area contributed by atoms with Gasteiger partial charge < -0.3 is 11.1 Å². The van der Waals surface area contributed by atoms with Crippen LogP contribution in [0.2, 0.25) is 0 Å². The molecule has 3 nitrogen and oxygen atoms in total. The SMILES string of the molecule is CC(C)CC(C)(CN)NC(=O)c1ccccc1I. The van der Waals surface area contributed by atoms with Crippen molar-refractivity contribution in [3.63, 3.8) is 0 Å². The number of amides is 1. The monoisotopic (exact) mass is 360 g/mol. The van der Waals surface area contributed by atoms with Crippen molar-refractivity contribution >= 4 is 28.5 Å². The maximum atomic E-state index is 12.3. The fourth-order valence-electron chi connectivity index (χ4n) is 2.07. The molecule has 1 amide bonds. The zero-order chi connectivity index (χ0) is 13.8. The number of hydrogen-bond donors (Lipinski definition) is 2. The van der Waals surface area contributed by atoms with Gasteiger partial charge in [-0.1, -0.05) is 26.0 Å². The van der Waals surface area contributed by atoms with E-state index < -0.39 is 0 Å². The average Bonchev–Trinajstić information content (AvgIpc) is 2.28. The quantitative estimate of drug-likeness (QED) is 0.794. The van der Waals surface area contributed by atoms with Gasteiger partial charge in [-0.25, -0.2) is 0 Å². The molecule has 0 aliphatic heterocycles. The first-order valence-corrected chi connectivity index (χ1v) is 7.23. The van der Waals surface area contributed by atoms with Crippen LogP contribution in [0.25, 0.3) is 0 Å². The third-order valence-corrected chi connectivity index (χ3v) is 3.78. The molecule has 0 aliphatic rings. The first-order valence-electron chi connectivity index (χ1n) is 6.15. The van der Waals surface area contributed by atoms with Crippen LogP contribution in [0.1, 0.15) is 37.6 Å². The number of rotatable bonds is 5. The van der Waals surface area contributed by atoms with E-state index in [-0.39, 0.29) is 11.4 Å². The predicted octanol–water partition coefficient (Wildman–Crippen LogP) is 2.78. The van der Waals surface area contributed by atoms with Gasteiger partial charge in [-0.2, -0.15) is 0 Å². The lowest BCUT2D eigenvalue weighted by atomic mass is 9.90. The molecule has 0 radical (unpaired) electrons. The third-order valence-electron chi connectivity index (χ3n) is 2.84. The summed E-state index contributed by atoms with van der Waals surface area (Å²) in [4.78, 5) is 12.3. The minimum Gasteiger partial charge on any atom is -0.346 e. The summed E-state index contributed by atoms with van der Waals surface area (Å²) in [6.07, 6.45) is 0.874. The van der Waals surface area contributed by atoms with Crippen molar-refractivity contribution in [2.45, 2.75) is 32.7 Å². The molecule has 0 aromatic heterocycles. The van der Waals surface area contributed by atoms with Crippen molar-refractivity contribution in [3.8, 4) is 0 Å². The normalized spacial score (nSPS) is 14.3. The van der Waals surface area contributed by atoms with Crippen LogP contribution in [0.3, 0.4) is 0 Å². The van der Waals surface area contributed by atoms with Crippen LogP contribution >= 0.6 is 22.6 Å². The lowest BCUT2D eigenvalue weighted by Crippen LogP contribution is -2.52. The second-order valence-corrected chi connectivity index (χ2v) is 6.46. The van der Waals surface area contributed by atoms with E-state index in [1.54, 1.807) is 0 Å². The number of hydrogen-bond acceptors (Lipinski definition) is 2. The summed E-state index contributed by atoms with van der Waals surface area (Å²) in [5, 5.41) is 3.06. The van der Waals surface area contributed by atoms with Gasteiger partial charge >= 0.3 is 0 Å². The summed E-state index contributed by atoms with van der Waals surface area (Å²) in [5.74, 6) is 0.447. The van der Waals surface area contributed by atoms with E-state index in [1.165, 1.54) is 0 Å². The Morgan fingerprint density at radius 2 is 2.06 bits per heavy atom. The first-order chi connectivity index (χ1) is 8.38. The summed E-state index contributed by atoms with van der Waals surface area (Å²) in [7, 11) is 0. The summed E-state index contributed by atoms with van der Waals surface area (Å²) >= 11 is 2.17. The van der Waals surface area contributed by atoms with E-state index in [4.69, 9.17) is 5.73 Å². The van der Waals surface area contributed by atoms with Crippen molar-refractivity contribution in [2.24, 2.45) is 11.7 Å². The van der Waals surface area contributed by atoms with Crippen molar-refractivity contribution < 1.29 is 4.79 Å². The van der Waals surface area contributed by atoms with Crippen LogP contribution in [0, 0.1) is 9.49 Å². The van der Waals surface area contributed by atoms with E-state index in [2.05, 4.69) is 41.8 Å². The maximum Gasteiger partial charge on any atom is 0.252 e. The Bertz CT molecular complexity index is 420. The molecular weight excluding hydrogens is 339 g/mol. The van der Waals surface area contributed by atoms with Gasteiger partial charge in [-0.05, 0) is 54.0 Å². The van der Waals surface area contributed by atoms with E-state index in [0.29, 0.717) is 18.0 Å². The molecule has 1 aromatic carbocycles. The van der Waals surface area contributed by atoms with E-state index in [9.17, 15) is 4.79 Å². The van der Waals surface area contributed by atoms with Gasteiger partial charge in [0.05, 0.1) is 5.56 Å². The molecule has 0 saturated carbocycles. The molecule has 0 saturated heterocycles. The van der Waals surface area contributed by atoms with Gasteiger partial charge in [0.25, 0.3) is 5.91 Å². The molecule has 4 heteroatoms. The standard InChI is InChI=1S/C14H21IN2O/c1-10(2)8-14(3,9-16)17-13(18)11-6-4-5-7-12(11)15/h4-7,10H,8-9,16H2,1-3H3,(H,17,18). The Labute approximate surface area is 123 Å². The van der Waals surface area contributed by atoms with Crippen LogP contribution in [-0.4, -0.2) is 18.0 Å². The van der Waals surface area contributed by atoms with E-state index in [0.717, 1.165) is 9.99 Å². The number of nitrogens with two attached hydrogens (primary N) is 1. The first kappa shape index (κ1) is 15.4. The summed E-state index contributed by atoms with van der Waals surface area (Å²) in [6, 6.07) is 7.56. The number of nitrogens with one attached hydrogen (secondary N) is 1. The van der Waals surface area contributed by atoms with E-state index in [1.807, 2.05) is 31.2 Å². The topological polar surface area (TPSA) is 55.1 Å². The number of halogens is 1. The highest BCUT2D eigenvalue weighted by atomic mass is 127. The molecular formula is C14H21IN2O. The van der Waals surface area contributed by atoms with Gasteiger partial charge in [-0.3, -0.25) is 4.79 Å². The van der Waals surface area contributed by atoms with Crippen molar-refractivity contribution in [3.05, 3.63) is 33.4 Å². The summed E-state index contributed by atoms with van der Waals surface area (Å²) in [5.41, 5.74) is 6.17. The van der Waals surface area contributed by atoms with Gasteiger partial charge in [0, 0.05) is 15.7 Å². The third kappa shape index (κ3) is 4.24. The highest BCUT2D eigenvalue weighted by molar-refractivity contribution is 14.1. The maximum absolute atomic E-state index is 12.3. The van der Waals surface area contributed by atoms with Crippen LogP contribution in [0.4, 0.5) is 0 Å². The second kappa shape index (κ2) is 6.52. The Morgan fingerprint density at radius 1 is 1.44 bits per heavy atom. The molecule has 0 heterocycles. The summed E-state index contributed by atoms with van der Waals surface area (Å²) in [6.45, 7) is 6.71. The average molecular weight is 360 g/mol. The lowest BCUT2D eigenvalue weighted by molar-refractivity contribution is 0.0897. The molecule has 1 atom stereocenters. The fourth-order valence-corrected chi connectivity index (χ4v) is 2.71. The molecule has 1 rings (SSSR count). The zero-order valence-electron chi connectivity index (χ0n) is 11.2. The van der Waals surface area contributed by atoms with Gasteiger partial charge in [0.15, 0.2) is 0 Å². The van der Waals surface area contributed by atoms with Crippen LogP contribution in [-0.2, 0) is 0 Å². The van der Waals surface area contributed by atoms with Crippen LogP contribution < -0.4 is 11.1 Å². The molecule has 0 bridgehead atoms. The molecule has 0 fully saturated rings. The van der Waals surface area contributed by atoms with Crippen molar-refractivity contribution in [1.29, 1.82) is 0 Å². The lowest BCUT2D eigenvalue weighted by Gasteiger charge is -2.31.